The maximum absolute atomic E-state index is 8.92. The van der Waals surface area contributed by atoms with Gasteiger partial charge in [-0.3, -0.25) is 0 Å². The van der Waals surface area contributed by atoms with E-state index in [1.165, 1.54) is 0 Å². The van der Waals surface area contributed by atoms with Crippen molar-refractivity contribution in [2.24, 2.45) is 0 Å². The fraction of sp³-hybridized carbons (Fsp3) is 0.0714. The van der Waals surface area contributed by atoms with Gasteiger partial charge in [0.25, 0.3) is 0 Å². The fourth-order valence-corrected chi connectivity index (χ4v) is 2.39. The largest absolute Gasteiger partial charge is 0.455 e. The number of nitrogens with one attached hydrogen (secondary N) is 1. The molecular weight excluding hydrogens is 339 g/mol. The molecule has 1 aliphatic rings. The molecule has 4 heteroatoms. The van der Waals surface area contributed by atoms with Gasteiger partial charge in [0.2, 0.25) is 0 Å². The molecule has 3 nitrogen and oxygen atoms in total. The van der Waals surface area contributed by atoms with E-state index >= 15 is 0 Å². The Morgan fingerprint density at radius 3 is 2.89 bits per heavy atom. The van der Waals surface area contributed by atoms with E-state index in [0.717, 1.165) is 26.3 Å². The summed E-state index contributed by atoms with van der Waals surface area (Å²) in [7, 11) is 0. The van der Waals surface area contributed by atoms with Crippen LogP contribution in [0.5, 0.6) is 11.5 Å². The lowest BCUT2D eigenvalue weighted by Gasteiger charge is -2.08. The summed E-state index contributed by atoms with van der Waals surface area (Å²) in [5.74, 6) is 1.55. The van der Waals surface area contributed by atoms with Gasteiger partial charge in [-0.05, 0) is 52.9 Å². The van der Waals surface area contributed by atoms with Crippen molar-refractivity contribution < 1.29 is 4.74 Å². The van der Waals surface area contributed by atoms with Crippen molar-refractivity contribution in [1.82, 2.24) is 0 Å². The van der Waals surface area contributed by atoms with Gasteiger partial charge < -0.3 is 10.1 Å². The summed E-state index contributed by atoms with van der Waals surface area (Å²) in [6.07, 6.45) is 0. The number of rotatable bonds is 0. The van der Waals surface area contributed by atoms with Crippen LogP contribution >= 0.6 is 22.6 Å². The fourth-order valence-electron chi connectivity index (χ4n) is 1.90. The van der Waals surface area contributed by atoms with Crippen LogP contribution in [0.25, 0.3) is 0 Å². The summed E-state index contributed by atoms with van der Waals surface area (Å²) in [4.78, 5) is 0. The van der Waals surface area contributed by atoms with E-state index in [0.29, 0.717) is 12.1 Å². The second kappa shape index (κ2) is 4.50. The summed E-state index contributed by atoms with van der Waals surface area (Å²) in [6, 6.07) is 13.6. The van der Waals surface area contributed by atoms with E-state index in [4.69, 9.17) is 10.00 Å². The van der Waals surface area contributed by atoms with E-state index < -0.39 is 0 Å². The molecule has 0 spiro atoms. The zero-order chi connectivity index (χ0) is 12.5. The van der Waals surface area contributed by atoms with Crippen LogP contribution in [0.15, 0.2) is 36.4 Å². The van der Waals surface area contributed by atoms with Gasteiger partial charge >= 0.3 is 0 Å². The summed E-state index contributed by atoms with van der Waals surface area (Å²) >= 11 is 2.27. The molecule has 0 aromatic heterocycles. The lowest BCUT2D eigenvalue weighted by molar-refractivity contribution is 0.483. The number of benzene rings is 2. The van der Waals surface area contributed by atoms with Crippen LogP contribution in [0, 0.1) is 14.9 Å². The number of nitrogens with zero attached hydrogens (tertiary/aromatic N) is 1. The molecule has 2 aromatic carbocycles. The number of halogens is 1. The Balaban J connectivity index is 2.08. The van der Waals surface area contributed by atoms with Crippen LogP contribution < -0.4 is 10.1 Å². The van der Waals surface area contributed by atoms with Gasteiger partial charge in [-0.1, -0.05) is 6.07 Å². The maximum atomic E-state index is 8.92. The molecule has 3 rings (SSSR count). The summed E-state index contributed by atoms with van der Waals surface area (Å²) in [6.45, 7) is 0.703. The second-order valence-electron chi connectivity index (χ2n) is 4.03. The highest BCUT2D eigenvalue weighted by molar-refractivity contribution is 14.1. The SMILES string of the molecule is N#Cc1ccc2c(c1)Oc1ccc(I)cc1NC2. The molecule has 0 amide bonds. The molecule has 0 unspecified atom stereocenters. The van der Waals surface area contributed by atoms with E-state index in [1.807, 2.05) is 30.3 Å². The van der Waals surface area contributed by atoms with Gasteiger partial charge in [0, 0.05) is 15.7 Å². The average Bonchev–Trinajstić information content (AvgIpc) is 2.56. The zero-order valence-electron chi connectivity index (χ0n) is 9.40. The van der Waals surface area contributed by atoms with Gasteiger partial charge in [-0.15, -0.1) is 0 Å². The number of nitriles is 1. The number of ether oxygens (including phenoxy) is 1. The summed E-state index contributed by atoms with van der Waals surface area (Å²) in [5.41, 5.74) is 2.65. The third-order valence-corrected chi connectivity index (χ3v) is 3.50. The van der Waals surface area contributed by atoms with Crippen molar-refractivity contribution in [2.45, 2.75) is 6.54 Å². The number of hydrogen-bond donors (Lipinski definition) is 1. The first kappa shape index (κ1) is 11.4. The zero-order valence-corrected chi connectivity index (χ0v) is 11.6. The molecule has 0 atom stereocenters. The van der Waals surface area contributed by atoms with Crippen LogP contribution in [0.2, 0.25) is 0 Å². The van der Waals surface area contributed by atoms with Crippen molar-refractivity contribution in [1.29, 1.82) is 5.26 Å². The molecule has 0 saturated carbocycles. The minimum Gasteiger partial charge on any atom is -0.455 e. The maximum Gasteiger partial charge on any atom is 0.150 e. The smallest absolute Gasteiger partial charge is 0.150 e. The molecule has 88 valence electrons. The van der Waals surface area contributed by atoms with Gasteiger partial charge in [-0.2, -0.15) is 5.26 Å². The highest BCUT2D eigenvalue weighted by Gasteiger charge is 2.14. The highest BCUT2D eigenvalue weighted by Crippen LogP contribution is 2.36. The molecule has 0 bridgehead atoms. The third kappa shape index (κ3) is 2.02. The quantitative estimate of drug-likeness (QED) is 0.735. The van der Waals surface area contributed by atoms with Gasteiger partial charge in [0.1, 0.15) is 5.75 Å². The summed E-state index contributed by atoms with van der Waals surface area (Å²) < 4.78 is 7.04. The Labute approximate surface area is 119 Å². The molecular formula is C14H9IN2O. The van der Waals surface area contributed by atoms with Gasteiger partial charge in [-0.25, -0.2) is 0 Å². The van der Waals surface area contributed by atoms with Crippen LogP contribution in [-0.4, -0.2) is 0 Å². The van der Waals surface area contributed by atoms with Crippen LogP contribution in [0.3, 0.4) is 0 Å². The number of anilines is 1. The topological polar surface area (TPSA) is 45.0 Å². The normalized spacial score (nSPS) is 12.2. The lowest BCUT2D eigenvalue weighted by Crippen LogP contribution is -1.97. The number of hydrogen-bond acceptors (Lipinski definition) is 3. The predicted octanol–water partition coefficient (Wildman–Crippen LogP) is 3.88. The molecule has 0 saturated heterocycles. The number of fused-ring (bicyclic) bond motifs is 2. The van der Waals surface area contributed by atoms with Crippen molar-refractivity contribution in [3.05, 3.63) is 51.1 Å². The second-order valence-corrected chi connectivity index (χ2v) is 5.28. The van der Waals surface area contributed by atoms with E-state index in [2.05, 4.69) is 34.0 Å². The monoisotopic (exact) mass is 348 g/mol. The molecule has 1 aliphatic heterocycles. The first-order chi connectivity index (χ1) is 8.76. The van der Waals surface area contributed by atoms with Crippen molar-refractivity contribution in [3.63, 3.8) is 0 Å². The Hall–Kier alpha value is -1.74. The Morgan fingerprint density at radius 2 is 2.06 bits per heavy atom. The van der Waals surface area contributed by atoms with Crippen molar-refractivity contribution in [3.8, 4) is 17.6 Å². The van der Waals surface area contributed by atoms with E-state index in [-0.39, 0.29) is 0 Å². The molecule has 0 radical (unpaired) electrons. The minimum atomic E-state index is 0.614. The lowest BCUT2D eigenvalue weighted by atomic mass is 10.1. The highest BCUT2D eigenvalue weighted by atomic mass is 127. The van der Waals surface area contributed by atoms with Crippen LogP contribution in [-0.2, 0) is 6.54 Å². The minimum absolute atomic E-state index is 0.614. The molecule has 1 N–H and O–H groups in total. The molecule has 2 aromatic rings. The van der Waals surface area contributed by atoms with Crippen molar-refractivity contribution in [2.75, 3.05) is 5.32 Å². The van der Waals surface area contributed by atoms with E-state index in [9.17, 15) is 0 Å². The molecule has 0 aliphatic carbocycles. The molecule has 0 fully saturated rings. The summed E-state index contributed by atoms with van der Waals surface area (Å²) in [5, 5.41) is 12.3. The average molecular weight is 348 g/mol. The van der Waals surface area contributed by atoms with Gasteiger partial charge in [0.05, 0.1) is 17.3 Å². The Kier molecular flexibility index (Phi) is 2.84. The predicted molar refractivity (Wildman–Crippen MR) is 77.7 cm³/mol. The van der Waals surface area contributed by atoms with Crippen LogP contribution in [0.4, 0.5) is 5.69 Å². The molecule has 18 heavy (non-hydrogen) atoms. The first-order valence-corrected chi connectivity index (χ1v) is 6.58. The Bertz CT molecular complexity index is 661. The van der Waals surface area contributed by atoms with Crippen LogP contribution in [0.1, 0.15) is 11.1 Å². The Morgan fingerprint density at radius 1 is 1.17 bits per heavy atom. The standard InChI is InChI=1S/C14H9IN2O/c15-11-3-4-13-12(6-11)17-8-10-2-1-9(7-16)5-14(10)18-13/h1-6,17H,8H2. The molecule has 1 heterocycles. The van der Waals surface area contributed by atoms with Crippen molar-refractivity contribution >= 4 is 28.3 Å². The first-order valence-electron chi connectivity index (χ1n) is 5.50. The third-order valence-electron chi connectivity index (χ3n) is 2.83. The van der Waals surface area contributed by atoms with Gasteiger partial charge in [0.15, 0.2) is 5.75 Å². The van der Waals surface area contributed by atoms with E-state index in [1.54, 1.807) is 6.07 Å².